The van der Waals surface area contributed by atoms with Crippen LogP contribution in [0.3, 0.4) is 0 Å². The number of hydrogen-bond donors (Lipinski definition) is 2. The number of halogens is 1. The van der Waals surface area contributed by atoms with Crippen LogP contribution in [-0.4, -0.2) is 76.1 Å². The number of rotatable bonds is 7. The molecule has 2 rings (SSSR count). The van der Waals surface area contributed by atoms with Crippen LogP contribution in [0.25, 0.3) is 0 Å². The molecule has 2 fully saturated rings. The first kappa shape index (κ1) is 22.9. The van der Waals surface area contributed by atoms with Crippen molar-refractivity contribution in [3.63, 3.8) is 0 Å². The van der Waals surface area contributed by atoms with E-state index in [-0.39, 0.29) is 30.1 Å². The first-order valence-electron chi connectivity index (χ1n) is 9.72. The van der Waals surface area contributed by atoms with E-state index in [0.717, 1.165) is 45.4 Å². The van der Waals surface area contributed by atoms with E-state index in [1.165, 1.54) is 38.5 Å². The summed E-state index contributed by atoms with van der Waals surface area (Å²) in [5.41, 5.74) is 0. The summed E-state index contributed by atoms with van der Waals surface area (Å²) in [5, 5.41) is 6.67. The van der Waals surface area contributed by atoms with Gasteiger partial charge in [0.2, 0.25) is 0 Å². The highest BCUT2D eigenvalue weighted by Crippen LogP contribution is 2.19. The SMILES string of the molecule is CCNC(=NCC1CN(C)CCO1)NCCOC1CCCCCC1.I. The minimum atomic E-state index is 0. The van der Waals surface area contributed by atoms with Gasteiger partial charge in [0, 0.05) is 26.2 Å². The Balaban J connectivity index is 0.00000312. The Labute approximate surface area is 170 Å². The van der Waals surface area contributed by atoms with E-state index in [0.29, 0.717) is 12.6 Å². The minimum absolute atomic E-state index is 0. The van der Waals surface area contributed by atoms with Crippen molar-refractivity contribution in [2.24, 2.45) is 4.99 Å². The lowest BCUT2D eigenvalue weighted by molar-refractivity contribution is -0.0136. The molecule has 7 heteroatoms. The molecule has 1 saturated heterocycles. The Kier molecular flexibility index (Phi) is 12.8. The predicted octanol–water partition coefficient (Wildman–Crippen LogP) is 2.23. The zero-order chi connectivity index (χ0) is 17.0. The quantitative estimate of drug-likeness (QED) is 0.197. The fourth-order valence-electron chi connectivity index (χ4n) is 3.32. The molecule has 148 valence electrons. The second-order valence-corrected chi connectivity index (χ2v) is 6.89. The number of morpholine rings is 1. The fraction of sp³-hybridized carbons (Fsp3) is 0.944. The number of nitrogens with zero attached hydrogens (tertiary/aromatic N) is 2. The molecule has 1 atom stereocenters. The number of likely N-dealkylation sites (N-methyl/N-ethyl adjacent to an activating group) is 1. The number of hydrogen-bond acceptors (Lipinski definition) is 4. The van der Waals surface area contributed by atoms with Crippen LogP contribution in [0.1, 0.15) is 45.4 Å². The summed E-state index contributed by atoms with van der Waals surface area (Å²) in [7, 11) is 2.13. The lowest BCUT2D eigenvalue weighted by Gasteiger charge is -2.29. The molecule has 0 amide bonds. The van der Waals surface area contributed by atoms with Gasteiger partial charge < -0.3 is 25.0 Å². The maximum absolute atomic E-state index is 6.02. The molecule has 0 spiro atoms. The normalized spacial score (nSPS) is 23.6. The minimum Gasteiger partial charge on any atom is -0.376 e. The summed E-state index contributed by atoms with van der Waals surface area (Å²) < 4.78 is 11.8. The summed E-state index contributed by atoms with van der Waals surface area (Å²) in [6.07, 6.45) is 8.47. The van der Waals surface area contributed by atoms with Gasteiger partial charge in [0.15, 0.2) is 5.96 Å². The van der Waals surface area contributed by atoms with Gasteiger partial charge in [0.25, 0.3) is 0 Å². The molecule has 2 aliphatic rings. The van der Waals surface area contributed by atoms with Gasteiger partial charge in [-0.1, -0.05) is 25.7 Å². The van der Waals surface area contributed by atoms with Crippen LogP contribution < -0.4 is 10.6 Å². The molecule has 0 bridgehead atoms. The average molecular weight is 468 g/mol. The topological polar surface area (TPSA) is 58.1 Å². The first-order chi connectivity index (χ1) is 11.8. The molecule has 1 heterocycles. The van der Waals surface area contributed by atoms with Crippen molar-refractivity contribution in [2.75, 3.05) is 53.0 Å². The molecule has 1 unspecified atom stereocenters. The zero-order valence-corrected chi connectivity index (χ0v) is 18.3. The molecule has 0 aromatic rings. The van der Waals surface area contributed by atoms with Gasteiger partial charge in [0.05, 0.1) is 32.0 Å². The van der Waals surface area contributed by atoms with Crippen molar-refractivity contribution in [3.05, 3.63) is 0 Å². The second-order valence-electron chi connectivity index (χ2n) is 6.89. The van der Waals surface area contributed by atoms with Crippen LogP contribution in [0.15, 0.2) is 4.99 Å². The van der Waals surface area contributed by atoms with Crippen molar-refractivity contribution in [2.45, 2.75) is 57.7 Å². The average Bonchev–Trinajstić information content (AvgIpc) is 2.85. The van der Waals surface area contributed by atoms with E-state index in [9.17, 15) is 0 Å². The lowest BCUT2D eigenvalue weighted by atomic mass is 10.1. The van der Waals surface area contributed by atoms with E-state index >= 15 is 0 Å². The third kappa shape index (κ3) is 9.96. The van der Waals surface area contributed by atoms with Crippen molar-refractivity contribution < 1.29 is 9.47 Å². The van der Waals surface area contributed by atoms with Crippen molar-refractivity contribution in [3.8, 4) is 0 Å². The predicted molar refractivity (Wildman–Crippen MR) is 114 cm³/mol. The molecule has 1 saturated carbocycles. The van der Waals surface area contributed by atoms with Crippen LogP contribution in [0.5, 0.6) is 0 Å². The maximum Gasteiger partial charge on any atom is 0.191 e. The Morgan fingerprint density at radius 1 is 1.20 bits per heavy atom. The molecule has 0 aromatic heterocycles. The van der Waals surface area contributed by atoms with Gasteiger partial charge in [-0.05, 0) is 26.8 Å². The molecule has 0 aromatic carbocycles. The van der Waals surface area contributed by atoms with Crippen molar-refractivity contribution >= 4 is 29.9 Å². The summed E-state index contributed by atoms with van der Waals surface area (Å²) in [6.45, 7) is 7.96. The van der Waals surface area contributed by atoms with Crippen molar-refractivity contribution in [1.29, 1.82) is 0 Å². The van der Waals surface area contributed by atoms with E-state index in [2.05, 4.69) is 34.5 Å². The van der Waals surface area contributed by atoms with Crippen LogP contribution in [0.2, 0.25) is 0 Å². The summed E-state index contributed by atoms with van der Waals surface area (Å²) in [6, 6.07) is 0. The Hall–Kier alpha value is -0.120. The van der Waals surface area contributed by atoms with Gasteiger partial charge in [-0.2, -0.15) is 0 Å². The monoisotopic (exact) mass is 468 g/mol. The third-order valence-electron chi connectivity index (χ3n) is 4.69. The van der Waals surface area contributed by atoms with Gasteiger partial charge >= 0.3 is 0 Å². The van der Waals surface area contributed by atoms with E-state index < -0.39 is 0 Å². The Morgan fingerprint density at radius 2 is 1.96 bits per heavy atom. The highest BCUT2D eigenvalue weighted by Gasteiger charge is 2.17. The van der Waals surface area contributed by atoms with E-state index in [4.69, 9.17) is 9.47 Å². The number of aliphatic imine (C=N–C) groups is 1. The van der Waals surface area contributed by atoms with E-state index in [1.54, 1.807) is 0 Å². The zero-order valence-electron chi connectivity index (χ0n) is 16.0. The maximum atomic E-state index is 6.02. The van der Waals surface area contributed by atoms with Crippen LogP contribution in [0, 0.1) is 0 Å². The number of ether oxygens (including phenoxy) is 2. The van der Waals surface area contributed by atoms with Crippen molar-refractivity contribution in [1.82, 2.24) is 15.5 Å². The Bertz CT molecular complexity index is 363. The molecule has 0 radical (unpaired) electrons. The molecular formula is C18H37IN4O2. The highest BCUT2D eigenvalue weighted by molar-refractivity contribution is 14.0. The van der Waals surface area contributed by atoms with Crippen LogP contribution in [0.4, 0.5) is 0 Å². The lowest BCUT2D eigenvalue weighted by Crippen LogP contribution is -2.43. The molecule has 25 heavy (non-hydrogen) atoms. The molecule has 1 aliphatic heterocycles. The standard InChI is InChI=1S/C18H36N4O2.HI/c1-3-19-18(21-14-17-15-22(2)11-13-24-17)20-10-12-23-16-8-6-4-5-7-9-16;/h16-17H,3-15H2,1-2H3,(H2,19,20,21);1H. The molecule has 6 nitrogen and oxygen atoms in total. The van der Waals surface area contributed by atoms with Crippen LogP contribution in [-0.2, 0) is 9.47 Å². The van der Waals surface area contributed by atoms with E-state index in [1.807, 2.05) is 0 Å². The number of nitrogens with one attached hydrogen (secondary N) is 2. The smallest absolute Gasteiger partial charge is 0.191 e. The molecular weight excluding hydrogens is 431 g/mol. The second kappa shape index (κ2) is 14.0. The fourth-order valence-corrected chi connectivity index (χ4v) is 3.32. The summed E-state index contributed by atoms with van der Waals surface area (Å²) in [4.78, 5) is 6.95. The van der Waals surface area contributed by atoms with Gasteiger partial charge in [-0.3, -0.25) is 4.99 Å². The molecule has 2 N–H and O–H groups in total. The summed E-state index contributed by atoms with van der Waals surface area (Å²) >= 11 is 0. The largest absolute Gasteiger partial charge is 0.376 e. The van der Waals surface area contributed by atoms with Crippen LogP contribution >= 0.6 is 24.0 Å². The summed E-state index contributed by atoms with van der Waals surface area (Å²) in [5.74, 6) is 0.860. The molecule has 1 aliphatic carbocycles. The van der Waals surface area contributed by atoms with Gasteiger partial charge in [-0.25, -0.2) is 0 Å². The highest BCUT2D eigenvalue weighted by atomic mass is 127. The van der Waals surface area contributed by atoms with Gasteiger partial charge in [-0.15, -0.1) is 24.0 Å². The Morgan fingerprint density at radius 3 is 2.64 bits per heavy atom. The first-order valence-corrected chi connectivity index (χ1v) is 9.72. The van der Waals surface area contributed by atoms with Gasteiger partial charge in [0.1, 0.15) is 0 Å². The third-order valence-corrected chi connectivity index (χ3v) is 4.69. The number of guanidine groups is 1.